The first-order chi connectivity index (χ1) is 8.83. The number of hydrogen-bond donors (Lipinski definition) is 1. The fraction of sp³-hybridized carbons (Fsp3) is 0.615. The molecule has 0 spiro atoms. The minimum absolute atomic E-state index is 0.597. The van der Waals surface area contributed by atoms with Crippen molar-refractivity contribution < 1.29 is 4.74 Å². The second-order valence-corrected chi connectivity index (χ2v) is 6.37. The fourth-order valence-electron chi connectivity index (χ4n) is 3.44. The topological polar surface area (TPSA) is 34.1 Å². The Hall–Kier alpha value is -0.805. The van der Waals surface area contributed by atoms with Gasteiger partial charge in [0.25, 0.3) is 6.85 Å². The van der Waals surface area contributed by atoms with Gasteiger partial charge in [-0.1, -0.05) is 12.4 Å². The molecule has 0 radical (unpaired) electrons. The van der Waals surface area contributed by atoms with Crippen molar-refractivity contribution in [1.29, 1.82) is 0 Å². The van der Waals surface area contributed by atoms with Gasteiger partial charge < -0.3 is 9.96 Å². The number of thiazole rings is 1. The van der Waals surface area contributed by atoms with Crippen LogP contribution in [0, 0.1) is 11.8 Å². The number of nitrogens with zero attached hydrogens (tertiary/aromatic N) is 1. The third-order valence-corrected chi connectivity index (χ3v) is 4.66. The molecule has 96 valence electrons. The Morgan fingerprint density at radius 3 is 3.22 bits per heavy atom. The molecule has 5 heteroatoms. The molecule has 2 heterocycles. The summed E-state index contributed by atoms with van der Waals surface area (Å²) in [5.74, 6) is 1.57. The maximum Gasteiger partial charge on any atom is 0.254 e. The second-order valence-electron chi connectivity index (χ2n) is 5.47. The first-order valence-corrected chi connectivity index (χ1v) is 7.56. The van der Waals surface area contributed by atoms with Crippen molar-refractivity contribution in [2.24, 2.45) is 11.8 Å². The van der Waals surface area contributed by atoms with Crippen molar-refractivity contribution in [1.82, 2.24) is 4.98 Å². The molecular formula is C13H19BN2OS. The molecule has 2 unspecified atom stereocenters. The van der Waals surface area contributed by atoms with Crippen LogP contribution in [0.15, 0.2) is 23.2 Å². The van der Waals surface area contributed by atoms with Crippen LogP contribution in [0.4, 0.5) is 5.13 Å². The van der Waals surface area contributed by atoms with Crippen LogP contribution in [-0.2, 0) is 4.74 Å². The molecule has 1 aliphatic carbocycles. The average molecular weight is 262 g/mol. The van der Waals surface area contributed by atoms with Gasteiger partial charge in [-0.2, -0.15) is 0 Å². The number of rotatable bonds is 4. The molecule has 1 aromatic heterocycles. The SMILES string of the molecule is COCC1=CC2CB(Nc3nccs3)CC(C1)C2. The summed E-state index contributed by atoms with van der Waals surface area (Å²) in [5, 5.41) is 6.68. The lowest BCUT2D eigenvalue weighted by Crippen LogP contribution is -2.36. The van der Waals surface area contributed by atoms with Gasteiger partial charge in [-0.05, 0) is 36.6 Å². The molecule has 2 atom stereocenters. The van der Waals surface area contributed by atoms with Crippen molar-refractivity contribution >= 4 is 23.3 Å². The molecule has 0 saturated carbocycles. The van der Waals surface area contributed by atoms with Crippen LogP contribution < -0.4 is 5.23 Å². The van der Waals surface area contributed by atoms with Gasteiger partial charge in [0.1, 0.15) is 0 Å². The zero-order valence-corrected chi connectivity index (χ0v) is 11.6. The van der Waals surface area contributed by atoms with Crippen LogP contribution in [0.25, 0.3) is 0 Å². The summed E-state index contributed by atoms with van der Waals surface area (Å²) in [5.41, 5.74) is 1.51. The summed E-state index contributed by atoms with van der Waals surface area (Å²) < 4.78 is 5.27. The second kappa shape index (κ2) is 5.45. The van der Waals surface area contributed by atoms with Crippen molar-refractivity contribution in [3.63, 3.8) is 0 Å². The van der Waals surface area contributed by atoms with E-state index in [-0.39, 0.29) is 0 Å². The molecule has 0 aromatic carbocycles. The van der Waals surface area contributed by atoms with Gasteiger partial charge in [0.2, 0.25) is 0 Å². The van der Waals surface area contributed by atoms with Crippen LogP contribution in [0.5, 0.6) is 0 Å². The predicted octanol–water partition coefficient (Wildman–Crippen LogP) is 3.16. The standard InChI is InChI=1S/C13H19BN2OS/c1-17-9-12-5-10-4-11(6-12)8-14(7-10)16-13-15-2-3-18-13/h2-3,5,10-11H,4,6-9H2,1H3,(H,15,16). The smallest absolute Gasteiger partial charge is 0.254 e. The summed E-state index contributed by atoms with van der Waals surface area (Å²) in [6.07, 6.45) is 9.42. The summed E-state index contributed by atoms with van der Waals surface area (Å²) in [4.78, 5) is 4.32. The minimum atomic E-state index is 0.597. The number of methoxy groups -OCH3 is 1. The molecule has 18 heavy (non-hydrogen) atoms. The number of ether oxygens (including phenoxy) is 1. The number of hydrogen-bond acceptors (Lipinski definition) is 4. The molecule has 3 nitrogen and oxygen atoms in total. The first kappa shape index (κ1) is 12.2. The van der Waals surface area contributed by atoms with Crippen LogP contribution >= 0.6 is 11.3 Å². The van der Waals surface area contributed by atoms with Gasteiger partial charge in [0, 0.05) is 18.7 Å². The van der Waals surface area contributed by atoms with Gasteiger partial charge in [-0.3, -0.25) is 0 Å². The molecule has 3 rings (SSSR count). The lowest BCUT2D eigenvalue weighted by atomic mass is 9.44. The summed E-state index contributed by atoms with van der Waals surface area (Å²) in [6, 6.07) is 0. The molecule has 1 aliphatic heterocycles. The van der Waals surface area contributed by atoms with Crippen molar-refractivity contribution in [3.05, 3.63) is 23.2 Å². The average Bonchev–Trinajstić information content (AvgIpc) is 2.81. The van der Waals surface area contributed by atoms with Crippen LogP contribution in [0.3, 0.4) is 0 Å². The highest BCUT2D eigenvalue weighted by atomic mass is 32.1. The number of allylic oxidation sites excluding steroid dienone is 1. The lowest BCUT2D eigenvalue weighted by Gasteiger charge is -2.36. The van der Waals surface area contributed by atoms with E-state index in [2.05, 4.69) is 16.3 Å². The van der Waals surface area contributed by atoms with E-state index in [0.717, 1.165) is 23.6 Å². The summed E-state index contributed by atoms with van der Waals surface area (Å²) >= 11 is 1.70. The molecule has 1 N–H and O–H groups in total. The van der Waals surface area contributed by atoms with Crippen molar-refractivity contribution in [3.8, 4) is 0 Å². The molecule has 1 saturated heterocycles. The Morgan fingerprint density at radius 2 is 2.50 bits per heavy atom. The highest BCUT2D eigenvalue weighted by molar-refractivity contribution is 7.14. The first-order valence-electron chi connectivity index (χ1n) is 6.68. The van der Waals surface area contributed by atoms with E-state index in [4.69, 9.17) is 4.74 Å². The van der Waals surface area contributed by atoms with Gasteiger partial charge in [-0.25, -0.2) is 4.98 Å². The van der Waals surface area contributed by atoms with E-state index in [1.165, 1.54) is 31.1 Å². The third-order valence-electron chi connectivity index (χ3n) is 3.95. The highest BCUT2D eigenvalue weighted by Gasteiger charge is 2.34. The minimum Gasteiger partial charge on any atom is -0.404 e. The zero-order valence-electron chi connectivity index (χ0n) is 10.8. The molecule has 1 aromatic rings. The van der Waals surface area contributed by atoms with E-state index >= 15 is 0 Å². The number of nitrogens with one attached hydrogen (secondary N) is 1. The van der Waals surface area contributed by atoms with E-state index in [9.17, 15) is 0 Å². The molecular weight excluding hydrogens is 243 g/mol. The normalized spacial score (nSPS) is 26.9. The zero-order chi connectivity index (χ0) is 12.4. The molecule has 1 fully saturated rings. The molecule has 2 bridgehead atoms. The Balaban J connectivity index is 1.63. The largest absolute Gasteiger partial charge is 0.404 e. The van der Waals surface area contributed by atoms with E-state index < -0.39 is 0 Å². The monoisotopic (exact) mass is 262 g/mol. The number of anilines is 1. The maximum atomic E-state index is 5.27. The van der Waals surface area contributed by atoms with E-state index in [1.54, 1.807) is 18.4 Å². The van der Waals surface area contributed by atoms with Crippen LogP contribution in [0.2, 0.25) is 12.6 Å². The van der Waals surface area contributed by atoms with Gasteiger partial charge in [-0.15, -0.1) is 11.3 Å². The van der Waals surface area contributed by atoms with Gasteiger partial charge in [0.15, 0.2) is 5.13 Å². The third kappa shape index (κ3) is 2.78. The molecule has 0 amide bonds. The van der Waals surface area contributed by atoms with Crippen molar-refractivity contribution in [2.75, 3.05) is 18.9 Å². The number of fused-ring (bicyclic) bond motifs is 2. The van der Waals surface area contributed by atoms with E-state index in [0.29, 0.717) is 6.85 Å². The van der Waals surface area contributed by atoms with Gasteiger partial charge in [0.05, 0.1) is 6.61 Å². The number of aromatic nitrogens is 1. The van der Waals surface area contributed by atoms with E-state index in [1.807, 2.05) is 11.6 Å². The van der Waals surface area contributed by atoms with Crippen molar-refractivity contribution in [2.45, 2.75) is 25.5 Å². The Morgan fingerprint density at radius 1 is 1.56 bits per heavy atom. The lowest BCUT2D eigenvalue weighted by molar-refractivity contribution is 0.214. The summed E-state index contributed by atoms with van der Waals surface area (Å²) in [7, 11) is 1.79. The van der Waals surface area contributed by atoms with Crippen LogP contribution in [-0.4, -0.2) is 25.5 Å². The van der Waals surface area contributed by atoms with Gasteiger partial charge >= 0.3 is 0 Å². The fourth-order valence-corrected chi connectivity index (χ4v) is 4.05. The Labute approximate surface area is 113 Å². The predicted molar refractivity (Wildman–Crippen MR) is 77.3 cm³/mol. The highest BCUT2D eigenvalue weighted by Crippen LogP contribution is 2.39. The van der Waals surface area contributed by atoms with Crippen LogP contribution in [0.1, 0.15) is 12.8 Å². The quantitative estimate of drug-likeness (QED) is 0.668. The summed E-state index contributed by atoms with van der Waals surface area (Å²) in [6.45, 7) is 1.41. The Bertz CT molecular complexity index is 421. The Kier molecular flexibility index (Phi) is 3.71. The molecule has 2 aliphatic rings. The maximum absolute atomic E-state index is 5.27.